The van der Waals surface area contributed by atoms with E-state index in [1.807, 2.05) is 0 Å². The molecule has 0 aromatic carbocycles. The Bertz CT molecular complexity index is 176. The first-order valence-electron chi connectivity index (χ1n) is 3.54. The van der Waals surface area contributed by atoms with Crippen molar-refractivity contribution in [2.45, 2.75) is 29.8 Å². The van der Waals surface area contributed by atoms with E-state index < -0.39 is 17.6 Å². The molecule has 2 heterocycles. The lowest BCUT2D eigenvalue weighted by molar-refractivity contribution is -0.118. The molecule has 0 aromatic heterocycles. The van der Waals surface area contributed by atoms with Gasteiger partial charge in [-0.3, -0.25) is 0 Å². The van der Waals surface area contributed by atoms with E-state index in [9.17, 15) is 10.2 Å². The quantitative estimate of drug-likeness (QED) is 0.392. The molecule has 0 saturated carbocycles. The Kier molecular flexibility index (Phi) is 1.68. The van der Waals surface area contributed by atoms with Crippen LogP contribution in [0.15, 0.2) is 12.2 Å². The average molecular weight is 177 g/mol. The molecule has 5 atom stereocenters. The molecule has 2 rings (SSSR count). The maximum Gasteiger partial charge on any atom is 0.104 e. The fraction of sp³-hybridized carbons (Fsp3) is 0.714. The number of ether oxygens (including phenoxy) is 1. The van der Waals surface area contributed by atoms with Crippen molar-refractivity contribution in [1.82, 2.24) is 0 Å². The number of halogens is 1. The summed E-state index contributed by atoms with van der Waals surface area (Å²) in [5, 5.41) is 18.1. The second-order valence-electron chi connectivity index (χ2n) is 2.88. The minimum Gasteiger partial charge on any atom is -0.388 e. The topological polar surface area (TPSA) is 49.7 Å². The molecule has 0 spiro atoms. The molecule has 1 unspecified atom stereocenters. The van der Waals surface area contributed by atoms with Gasteiger partial charge in [0.25, 0.3) is 0 Å². The highest BCUT2D eigenvalue weighted by Crippen LogP contribution is 2.30. The first-order valence-corrected chi connectivity index (χ1v) is 3.98. The van der Waals surface area contributed by atoms with Crippen molar-refractivity contribution in [3.05, 3.63) is 12.2 Å². The molecule has 1 saturated heterocycles. The summed E-state index contributed by atoms with van der Waals surface area (Å²) in [6.45, 7) is 0. The second kappa shape index (κ2) is 2.45. The first-order chi connectivity index (χ1) is 5.20. The molecule has 0 radical (unpaired) electrons. The van der Waals surface area contributed by atoms with Crippen LogP contribution in [0.25, 0.3) is 0 Å². The first kappa shape index (κ1) is 7.55. The molecule has 4 heteroatoms. The highest BCUT2D eigenvalue weighted by Gasteiger charge is 2.44. The van der Waals surface area contributed by atoms with Crippen LogP contribution >= 0.6 is 11.6 Å². The molecule has 2 aliphatic heterocycles. The van der Waals surface area contributed by atoms with Crippen molar-refractivity contribution in [2.75, 3.05) is 0 Å². The van der Waals surface area contributed by atoms with Gasteiger partial charge in [0, 0.05) is 0 Å². The van der Waals surface area contributed by atoms with Gasteiger partial charge in [-0.15, -0.1) is 11.6 Å². The van der Waals surface area contributed by atoms with E-state index in [2.05, 4.69) is 0 Å². The number of aliphatic hydroxyl groups is 2. The third-order valence-electron chi connectivity index (χ3n) is 2.13. The molecule has 2 aliphatic rings. The van der Waals surface area contributed by atoms with Crippen LogP contribution in [0.5, 0.6) is 0 Å². The Morgan fingerprint density at radius 3 is 2.00 bits per heavy atom. The van der Waals surface area contributed by atoms with Crippen LogP contribution in [-0.2, 0) is 4.74 Å². The maximum absolute atomic E-state index is 9.37. The Labute approximate surface area is 69.2 Å². The number of hydrogen-bond acceptors (Lipinski definition) is 3. The molecule has 0 aromatic rings. The van der Waals surface area contributed by atoms with Crippen LogP contribution < -0.4 is 0 Å². The van der Waals surface area contributed by atoms with Crippen molar-refractivity contribution >= 4 is 11.6 Å². The fourth-order valence-corrected chi connectivity index (χ4v) is 1.73. The summed E-state index contributed by atoms with van der Waals surface area (Å²) in [5.74, 6) is 0. The molecular formula is C7H9ClO3. The van der Waals surface area contributed by atoms with E-state index in [0.29, 0.717) is 0 Å². The lowest BCUT2D eigenvalue weighted by Crippen LogP contribution is -2.51. The van der Waals surface area contributed by atoms with Crippen molar-refractivity contribution in [3.63, 3.8) is 0 Å². The van der Waals surface area contributed by atoms with E-state index in [1.165, 1.54) is 0 Å². The molecule has 2 N–H and O–H groups in total. The normalized spacial score (nSPS) is 55.0. The molecule has 1 fully saturated rings. The largest absolute Gasteiger partial charge is 0.388 e. The summed E-state index contributed by atoms with van der Waals surface area (Å²) in [7, 11) is 0. The van der Waals surface area contributed by atoms with Gasteiger partial charge in [0.2, 0.25) is 0 Å². The van der Waals surface area contributed by atoms with Gasteiger partial charge in [0.1, 0.15) is 24.4 Å². The van der Waals surface area contributed by atoms with Crippen LogP contribution in [-0.4, -0.2) is 40.0 Å². The second-order valence-corrected chi connectivity index (χ2v) is 3.38. The van der Waals surface area contributed by atoms with Gasteiger partial charge in [-0.1, -0.05) is 12.2 Å². The predicted octanol–water partition coefficient (Wildman–Crippen LogP) is -0.347. The standard InChI is InChI=1S/C7H9ClO3/c8-5-6(9)3-1-2-4(11-3)7(5)10/h1-7,9-10H/t3-,4+,5?,6-,7-/m0/s1. The minimum atomic E-state index is -0.790. The van der Waals surface area contributed by atoms with Crippen molar-refractivity contribution in [3.8, 4) is 0 Å². The molecule has 0 amide bonds. The summed E-state index contributed by atoms with van der Waals surface area (Å²) in [5.41, 5.74) is 0. The Balaban J connectivity index is 2.22. The zero-order valence-corrected chi connectivity index (χ0v) is 6.48. The van der Waals surface area contributed by atoms with Crippen LogP contribution in [0, 0.1) is 0 Å². The smallest absolute Gasteiger partial charge is 0.104 e. The molecular weight excluding hydrogens is 168 g/mol. The van der Waals surface area contributed by atoms with Crippen molar-refractivity contribution < 1.29 is 14.9 Å². The number of alkyl halides is 1. The van der Waals surface area contributed by atoms with Crippen LogP contribution in [0.3, 0.4) is 0 Å². The van der Waals surface area contributed by atoms with E-state index >= 15 is 0 Å². The van der Waals surface area contributed by atoms with Gasteiger partial charge in [0.15, 0.2) is 0 Å². The fourth-order valence-electron chi connectivity index (χ4n) is 1.44. The summed E-state index contributed by atoms with van der Waals surface area (Å²) >= 11 is 5.73. The van der Waals surface area contributed by atoms with Gasteiger partial charge >= 0.3 is 0 Å². The minimum absolute atomic E-state index is 0.328. The summed E-state index contributed by atoms with van der Waals surface area (Å²) in [6.07, 6.45) is 1.24. The van der Waals surface area contributed by atoms with Gasteiger partial charge in [0.05, 0.1) is 5.38 Å². The molecule has 2 bridgehead atoms. The lowest BCUT2D eigenvalue weighted by atomic mass is 10.0. The monoisotopic (exact) mass is 176 g/mol. The number of aliphatic hydroxyl groups excluding tert-OH is 2. The SMILES string of the molecule is O[C@@H]1C(Cl)[C@@H](O)[C@H]2C=C[C@@H]1O2. The van der Waals surface area contributed by atoms with Crippen LogP contribution in [0.2, 0.25) is 0 Å². The predicted molar refractivity (Wildman–Crippen MR) is 39.5 cm³/mol. The molecule has 11 heavy (non-hydrogen) atoms. The van der Waals surface area contributed by atoms with E-state index in [-0.39, 0.29) is 12.2 Å². The van der Waals surface area contributed by atoms with Gasteiger partial charge in [-0.2, -0.15) is 0 Å². The van der Waals surface area contributed by atoms with Gasteiger partial charge in [-0.25, -0.2) is 0 Å². The zero-order chi connectivity index (χ0) is 8.01. The Morgan fingerprint density at radius 1 is 1.09 bits per heavy atom. The summed E-state index contributed by atoms with van der Waals surface area (Å²) in [4.78, 5) is 0. The third kappa shape index (κ3) is 0.999. The van der Waals surface area contributed by atoms with Crippen LogP contribution in [0.1, 0.15) is 0 Å². The maximum atomic E-state index is 9.37. The van der Waals surface area contributed by atoms with E-state index in [0.717, 1.165) is 0 Å². The average Bonchev–Trinajstić information content (AvgIpc) is 2.44. The van der Waals surface area contributed by atoms with Gasteiger partial charge < -0.3 is 14.9 Å². The lowest BCUT2D eigenvalue weighted by Gasteiger charge is -2.34. The Morgan fingerprint density at radius 2 is 1.55 bits per heavy atom. The highest BCUT2D eigenvalue weighted by molar-refractivity contribution is 6.21. The van der Waals surface area contributed by atoms with Crippen LogP contribution in [0.4, 0.5) is 0 Å². The number of hydrogen-bond donors (Lipinski definition) is 2. The van der Waals surface area contributed by atoms with Gasteiger partial charge in [-0.05, 0) is 0 Å². The number of rotatable bonds is 0. The number of fused-ring (bicyclic) bond motifs is 2. The summed E-state index contributed by atoms with van der Waals surface area (Å²) < 4.78 is 5.20. The Hall–Kier alpha value is -0.0900. The zero-order valence-electron chi connectivity index (χ0n) is 5.72. The van der Waals surface area contributed by atoms with Crippen molar-refractivity contribution in [2.24, 2.45) is 0 Å². The molecule has 3 nitrogen and oxygen atoms in total. The third-order valence-corrected chi connectivity index (χ3v) is 2.65. The summed E-state index contributed by atoms with van der Waals surface area (Å²) in [6, 6.07) is 0. The van der Waals surface area contributed by atoms with E-state index in [1.54, 1.807) is 12.2 Å². The van der Waals surface area contributed by atoms with E-state index in [4.69, 9.17) is 16.3 Å². The highest BCUT2D eigenvalue weighted by atomic mass is 35.5. The molecule has 0 aliphatic carbocycles. The van der Waals surface area contributed by atoms with Crippen molar-refractivity contribution in [1.29, 1.82) is 0 Å². The molecule has 62 valence electrons.